The van der Waals surface area contributed by atoms with Crippen LogP contribution in [0, 0.1) is 0 Å². The number of carbonyl (C=O) groups excluding carboxylic acids is 1. The summed E-state index contributed by atoms with van der Waals surface area (Å²) >= 11 is 5.01. The second-order valence-corrected chi connectivity index (χ2v) is 5.59. The largest absolute Gasteiger partial charge is 0.492 e. The van der Waals surface area contributed by atoms with Gasteiger partial charge in [0, 0.05) is 26.7 Å². The number of ether oxygens (including phenoxy) is 1. The van der Waals surface area contributed by atoms with Crippen molar-refractivity contribution in [3.63, 3.8) is 0 Å². The number of benzene rings is 1. The zero-order valence-electron chi connectivity index (χ0n) is 12.2. The Morgan fingerprint density at radius 2 is 2.14 bits per heavy atom. The van der Waals surface area contributed by atoms with E-state index in [1.807, 2.05) is 31.3 Å². The van der Waals surface area contributed by atoms with Gasteiger partial charge in [-0.2, -0.15) is 0 Å². The molecule has 1 aromatic rings. The fourth-order valence-electron chi connectivity index (χ4n) is 2.32. The summed E-state index contributed by atoms with van der Waals surface area (Å²) in [6, 6.07) is 7.48. The Morgan fingerprint density at radius 3 is 2.90 bits per heavy atom. The summed E-state index contributed by atoms with van der Waals surface area (Å²) in [5.41, 5.74) is 6.42. The van der Waals surface area contributed by atoms with Crippen LogP contribution >= 0.6 is 12.2 Å². The molecular weight excluding hydrogens is 286 g/mol. The normalized spacial score (nSPS) is 16.6. The molecule has 2 N–H and O–H groups in total. The van der Waals surface area contributed by atoms with Crippen LogP contribution in [0.1, 0.15) is 12.0 Å². The molecule has 1 amide bonds. The van der Waals surface area contributed by atoms with E-state index < -0.39 is 0 Å². The van der Waals surface area contributed by atoms with Crippen LogP contribution in [0.3, 0.4) is 0 Å². The molecule has 0 spiro atoms. The van der Waals surface area contributed by atoms with E-state index in [0.29, 0.717) is 30.4 Å². The molecule has 0 unspecified atom stereocenters. The molecule has 1 heterocycles. The van der Waals surface area contributed by atoms with E-state index in [1.165, 1.54) is 0 Å². The van der Waals surface area contributed by atoms with E-state index in [1.54, 1.807) is 4.90 Å². The molecule has 1 aliphatic heterocycles. The minimum atomic E-state index is 0.163. The van der Waals surface area contributed by atoms with Crippen molar-refractivity contribution in [2.45, 2.75) is 6.42 Å². The van der Waals surface area contributed by atoms with Crippen LogP contribution in [0.25, 0.3) is 0 Å². The van der Waals surface area contributed by atoms with Gasteiger partial charge in [0.15, 0.2) is 0 Å². The molecule has 0 radical (unpaired) electrons. The molecule has 0 saturated carbocycles. The average molecular weight is 307 g/mol. The average Bonchev–Trinajstić information content (AvgIpc) is 2.61. The minimum Gasteiger partial charge on any atom is -0.492 e. The lowest BCUT2D eigenvalue weighted by molar-refractivity contribution is -0.129. The third-order valence-electron chi connectivity index (χ3n) is 3.57. The molecule has 114 valence electrons. The highest BCUT2D eigenvalue weighted by atomic mass is 32.1. The Morgan fingerprint density at radius 1 is 1.38 bits per heavy atom. The second kappa shape index (κ2) is 7.38. The lowest BCUT2D eigenvalue weighted by Crippen LogP contribution is -2.36. The second-order valence-electron chi connectivity index (χ2n) is 5.15. The standard InChI is InChI=1S/C15H21N3O2S/c1-17-7-4-8-18(11-14(17)19)9-10-20-13-6-3-2-5-12(13)15(16)21/h2-3,5-6H,4,7-11H2,1H3,(H2,16,21). The quantitative estimate of drug-likeness (QED) is 0.818. The van der Waals surface area contributed by atoms with Gasteiger partial charge in [0.1, 0.15) is 17.3 Å². The Labute approximate surface area is 130 Å². The van der Waals surface area contributed by atoms with Crippen LogP contribution < -0.4 is 10.5 Å². The number of carbonyl (C=O) groups is 1. The molecule has 0 atom stereocenters. The van der Waals surface area contributed by atoms with Gasteiger partial charge >= 0.3 is 0 Å². The first-order chi connectivity index (χ1) is 10.1. The van der Waals surface area contributed by atoms with Crippen LogP contribution in [0.4, 0.5) is 0 Å². The van der Waals surface area contributed by atoms with Crippen molar-refractivity contribution in [3.05, 3.63) is 29.8 Å². The van der Waals surface area contributed by atoms with Gasteiger partial charge in [-0.1, -0.05) is 24.4 Å². The summed E-state index contributed by atoms with van der Waals surface area (Å²) in [5.74, 6) is 0.860. The maximum Gasteiger partial charge on any atom is 0.236 e. The highest BCUT2D eigenvalue weighted by Gasteiger charge is 2.18. The molecular formula is C15H21N3O2S. The number of para-hydroxylation sites is 1. The van der Waals surface area contributed by atoms with E-state index in [2.05, 4.69) is 4.90 Å². The molecule has 0 aliphatic carbocycles. The summed E-state index contributed by atoms with van der Waals surface area (Å²) in [6.07, 6.45) is 0.992. The topological polar surface area (TPSA) is 58.8 Å². The van der Waals surface area contributed by atoms with E-state index in [4.69, 9.17) is 22.7 Å². The first-order valence-corrected chi connectivity index (χ1v) is 7.46. The smallest absolute Gasteiger partial charge is 0.236 e. The van der Waals surface area contributed by atoms with Gasteiger partial charge in [-0.25, -0.2) is 0 Å². The van der Waals surface area contributed by atoms with Gasteiger partial charge in [0.2, 0.25) is 5.91 Å². The molecule has 6 heteroatoms. The van der Waals surface area contributed by atoms with Gasteiger partial charge in [0.05, 0.1) is 12.1 Å². The van der Waals surface area contributed by atoms with Gasteiger partial charge in [-0.05, 0) is 18.6 Å². The van der Waals surface area contributed by atoms with Crippen LogP contribution in [-0.4, -0.2) is 60.5 Å². The van der Waals surface area contributed by atoms with E-state index >= 15 is 0 Å². The molecule has 0 bridgehead atoms. The third-order valence-corrected chi connectivity index (χ3v) is 3.79. The molecule has 5 nitrogen and oxygen atoms in total. The van der Waals surface area contributed by atoms with Gasteiger partial charge in [-0.15, -0.1) is 0 Å². The lowest BCUT2D eigenvalue weighted by Gasteiger charge is -2.19. The van der Waals surface area contributed by atoms with Gasteiger partial charge in [-0.3, -0.25) is 9.69 Å². The van der Waals surface area contributed by atoms with Crippen molar-refractivity contribution < 1.29 is 9.53 Å². The van der Waals surface area contributed by atoms with Crippen molar-refractivity contribution in [2.24, 2.45) is 5.73 Å². The Kier molecular flexibility index (Phi) is 5.52. The predicted molar refractivity (Wildman–Crippen MR) is 86.5 cm³/mol. The third kappa shape index (κ3) is 4.41. The number of rotatable bonds is 5. The highest BCUT2D eigenvalue weighted by Crippen LogP contribution is 2.17. The number of hydrogen-bond donors (Lipinski definition) is 1. The molecule has 2 rings (SSSR count). The number of hydrogen-bond acceptors (Lipinski definition) is 4. The Balaban J connectivity index is 1.87. The van der Waals surface area contributed by atoms with Gasteiger partial charge < -0.3 is 15.4 Å². The fourth-order valence-corrected chi connectivity index (χ4v) is 2.49. The van der Waals surface area contributed by atoms with Crippen molar-refractivity contribution in [3.8, 4) is 5.75 Å². The molecule has 1 aliphatic rings. The zero-order chi connectivity index (χ0) is 15.2. The van der Waals surface area contributed by atoms with Crippen molar-refractivity contribution in [1.82, 2.24) is 9.80 Å². The minimum absolute atomic E-state index is 0.163. The number of nitrogens with zero attached hydrogens (tertiary/aromatic N) is 2. The van der Waals surface area contributed by atoms with E-state index in [9.17, 15) is 4.79 Å². The van der Waals surface area contributed by atoms with Crippen molar-refractivity contribution >= 4 is 23.1 Å². The monoisotopic (exact) mass is 307 g/mol. The van der Waals surface area contributed by atoms with Gasteiger partial charge in [0.25, 0.3) is 0 Å². The maximum absolute atomic E-state index is 11.8. The van der Waals surface area contributed by atoms with Crippen LogP contribution in [0.15, 0.2) is 24.3 Å². The lowest BCUT2D eigenvalue weighted by atomic mass is 10.2. The fraction of sp³-hybridized carbons (Fsp3) is 0.467. The Hall–Kier alpha value is -1.66. The molecule has 0 aromatic heterocycles. The summed E-state index contributed by atoms with van der Waals surface area (Å²) in [7, 11) is 1.85. The summed E-state index contributed by atoms with van der Waals surface area (Å²) in [4.78, 5) is 16.0. The van der Waals surface area contributed by atoms with Crippen LogP contribution in [-0.2, 0) is 4.79 Å². The summed E-state index contributed by atoms with van der Waals surface area (Å²) in [5, 5.41) is 0. The van der Waals surface area contributed by atoms with Crippen LogP contribution in [0.2, 0.25) is 0 Å². The number of thiocarbonyl (C=S) groups is 1. The highest BCUT2D eigenvalue weighted by molar-refractivity contribution is 7.80. The van der Waals surface area contributed by atoms with Crippen molar-refractivity contribution in [2.75, 3.05) is 39.8 Å². The maximum atomic E-state index is 11.8. The molecule has 1 saturated heterocycles. The predicted octanol–water partition coefficient (Wildman–Crippen LogP) is 0.864. The summed E-state index contributed by atoms with van der Waals surface area (Å²) < 4.78 is 5.77. The molecule has 1 fully saturated rings. The number of likely N-dealkylation sites (N-methyl/N-ethyl adjacent to an activating group) is 1. The first-order valence-electron chi connectivity index (χ1n) is 7.06. The Bertz CT molecular complexity index is 521. The number of amides is 1. The van der Waals surface area contributed by atoms with E-state index in [-0.39, 0.29) is 5.91 Å². The molecule has 21 heavy (non-hydrogen) atoms. The first kappa shape index (κ1) is 15.7. The van der Waals surface area contributed by atoms with Crippen LogP contribution in [0.5, 0.6) is 5.75 Å². The molecule has 1 aromatic carbocycles. The summed E-state index contributed by atoms with van der Waals surface area (Å²) in [6.45, 7) is 3.41. The van der Waals surface area contributed by atoms with Crippen molar-refractivity contribution in [1.29, 1.82) is 0 Å². The SMILES string of the molecule is CN1CCCN(CCOc2ccccc2C(N)=S)CC1=O. The number of nitrogens with two attached hydrogens (primary N) is 1. The van der Waals surface area contributed by atoms with E-state index in [0.717, 1.165) is 25.1 Å². The zero-order valence-corrected chi connectivity index (χ0v) is 13.1.